The van der Waals surface area contributed by atoms with Crippen LogP contribution in [0.2, 0.25) is 0 Å². The van der Waals surface area contributed by atoms with Gasteiger partial charge in [0.2, 0.25) is 0 Å². The fraction of sp³-hybridized carbons (Fsp3) is 0.750. The van der Waals surface area contributed by atoms with Crippen LogP contribution in [0.25, 0.3) is 0 Å². The van der Waals surface area contributed by atoms with Gasteiger partial charge in [-0.05, 0) is 62.1 Å². The Labute approximate surface area is 179 Å². The van der Waals surface area contributed by atoms with E-state index in [2.05, 4.69) is 37.6 Å². The second kappa shape index (κ2) is 9.73. The first kappa shape index (κ1) is 20.4. The molecule has 6 heteroatoms. The van der Waals surface area contributed by atoms with Crippen molar-refractivity contribution in [2.45, 2.75) is 44.6 Å². The van der Waals surface area contributed by atoms with Crippen molar-refractivity contribution in [2.75, 3.05) is 39.8 Å². The SMILES string of the molecule is CN=C(NCC(c1cccs1)N1CCCC1)N1CC2CCCCC2C1.I. The van der Waals surface area contributed by atoms with Gasteiger partial charge in [0, 0.05) is 31.6 Å². The summed E-state index contributed by atoms with van der Waals surface area (Å²) >= 11 is 1.89. The van der Waals surface area contributed by atoms with Crippen molar-refractivity contribution in [3.8, 4) is 0 Å². The van der Waals surface area contributed by atoms with E-state index in [4.69, 9.17) is 0 Å². The highest BCUT2D eigenvalue weighted by Crippen LogP contribution is 2.36. The third kappa shape index (κ3) is 4.55. The van der Waals surface area contributed by atoms with Crippen molar-refractivity contribution in [1.29, 1.82) is 0 Å². The first-order valence-corrected chi connectivity index (χ1v) is 11.0. The van der Waals surface area contributed by atoms with Gasteiger partial charge in [-0.25, -0.2) is 0 Å². The monoisotopic (exact) mass is 488 g/mol. The van der Waals surface area contributed by atoms with Gasteiger partial charge in [-0.2, -0.15) is 0 Å². The molecule has 2 aliphatic heterocycles. The van der Waals surface area contributed by atoms with E-state index in [9.17, 15) is 0 Å². The number of rotatable bonds is 4. The molecule has 1 saturated carbocycles. The average Bonchev–Trinajstić information content (AvgIpc) is 3.40. The molecule has 26 heavy (non-hydrogen) atoms. The highest BCUT2D eigenvalue weighted by atomic mass is 127. The molecule has 1 N–H and O–H groups in total. The van der Waals surface area contributed by atoms with Crippen LogP contribution >= 0.6 is 35.3 Å². The Balaban J connectivity index is 0.00000196. The molecule has 0 bridgehead atoms. The Morgan fingerprint density at radius 1 is 1.19 bits per heavy atom. The van der Waals surface area contributed by atoms with Gasteiger partial charge in [-0.15, -0.1) is 35.3 Å². The predicted octanol–water partition coefficient (Wildman–Crippen LogP) is 4.20. The number of halogens is 1. The van der Waals surface area contributed by atoms with Crippen molar-refractivity contribution in [3.05, 3.63) is 22.4 Å². The average molecular weight is 488 g/mol. The quantitative estimate of drug-likeness (QED) is 0.392. The molecule has 3 aliphatic rings. The summed E-state index contributed by atoms with van der Waals surface area (Å²) in [6.07, 6.45) is 8.37. The Hall–Kier alpha value is -0.340. The molecular weight excluding hydrogens is 455 g/mol. The van der Waals surface area contributed by atoms with E-state index in [-0.39, 0.29) is 24.0 Å². The zero-order chi connectivity index (χ0) is 17.1. The van der Waals surface area contributed by atoms with E-state index in [0.29, 0.717) is 6.04 Å². The summed E-state index contributed by atoms with van der Waals surface area (Å²) in [6.45, 7) is 5.85. The topological polar surface area (TPSA) is 30.9 Å². The molecule has 1 aromatic heterocycles. The van der Waals surface area contributed by atoms with Crippen molar-refractivity contribution >= 4 is 41.3 Å². The Morgan fingerprint density at radius 2 is 1.88 bits per heavy atom. The number of aliphatic imine (C=N–C) groups is 1. The van der Waals surface area contributed by atoms with Gasteiger partial charge in [0.05, 0.1) is 6.04 Å². The minimum absolute atomic E-state index is 0. The van der Waals surface area contributed by atoms with Crippen molar-refractivity contribution in [1.82, 2.24) is 15.1 Å². The number of hydrogen-bond acceptors (Lipinski definition) is 3. The Morgan fingerprint density at radius 3 is 2.46 bits per heavy atom. The molecule has 3 heterocycles. The fourth-order valence-electron chi connectivity index (χ4n) is 5.04. The summed E-state index contributed by atoms with van der Waals surface area (Å²) in [5.74, 6) is 2.92. The first-order valence-electron chi connectivity index (χ1n) is 10.1. The fourth-order valence-corrected chi connectivity index (χ4v) is 5.90. The van der Waals surface area contributed by atoms with Crippen LogP contribution in [0.4, 0.5) is 0 Å². The Bertz CT molecular complexity index is 556. The molecule has 3 fully saturated rings. The molecule has 2 saturated heterocycles. The van der Waals surface area contributed by atoms with Crippen LogP contribution in [0, 0.1) is 11.8 Å². The number of nitrogens with one attached hydrogen (secondary N) is 1. The normalized spacial score (nSPS) is 27.9. The zero-order valence-electron chi connectivity index (χ0n) is 15.9. The third-order valence-electron chi connectivity index (χ3n) is 6.39. The maximum atomic E-state index is 4.62. The first-order chi connectivity index (χ1) is 12.3. The number of likely N-dealkylation sites (tertiary alicyclic amines) is 2. The van der Waals surface area contributed by atoms with E-state index in [0.717, 1.165) is 24.3 Å². The van der Waals surface area contributed by atoms with Crippen LogP contribution in [-0.4, -0.2) is 55.5 Å². The lowest BCUT2D eigenvalue weighted by Gasteiger charge is -2.29. The number of nitrogens with zero attached hydrogens (tertiary/aromatic N) is 3. The summed E-state index contributed by atoms with van der Waals surface area (Å²) in [6, 6.07) is 4.97. The van der Waals surface area contributed by atoms with Gasteiger partial charge in [0.1, 0.15) is 0 Å². The van der Waals surface area contributed by atoms with Crippen LogP contribution in [0.1, 0.15) is 49.4 Å². The molecule has 0 aromatic carbocycles. The van der Waals surface area contributed by atoms with Crippen LogP contribution in [0.3, 0.4) is 0 Å². The molecule has 0 radical (unpaired) electrons. The molecular formula is C20H33IN4S. The van der Waals surface area contributed by atoms with Crippen LogP contribution in [0.5, 0.6) is 0 Å². The highest BCUT2D eigenvalue weighted by molar-refractivity contribution is 14.0. The van der Waals surface area contributed by atoms with Gasteiger partial charge in [-0.1, -0.05) is 18.9 Å². The van der Waals surface area contributed by atoms with E-state index in [1.54, 1.807) is 0 Å². The smallest absolute Gasteiger partial charge is 0.193 e. The van der Waals surface area contributed by atoms with Crippen LogP contribution in [-0.2, 0) is 0 Å². The lowest BCUT2D eigenvalue weighted by Crippen LogP contribution is -2.44. The second-order valence-electron chi connectivity index (χ2n) is 7.91. The number of fused-ring (bicyclic) bond motifs is 1. The molecule has 0 amide bonds. The molecule has 1 aliphatic carbocycles. The van der Waals surface area contributed by atoms with E-state index < -0.39 is 0 Å². The lowest BCUT2D eigenvalue weighted by atomic mass is 9.82. The molecule has 1 aromatic rings. The van der Waals surface area contributed by atoms with Gasteiger partial charge in [0.15, 0.2) is 5.96 Å². The maximum absolute atomic E-state index is 4.62. The van der Waals surface area contributed by atoms with Gasteiger partial charge < -0.3 is 10.2 Å². The van der Waals surface area contributed by atoms with Crippen molar-refractivity contribution in [3.63, 3.8) is 0 Å². The second-order valence-corrected chi connectivity index (χ2v) is 8.89. The van der Waals surface area contributed by atoms with Gasteiger partial charge in [0.25, 0.3) is 0 Å². The number of thiophene rings is 1. The third-order valence-corrected chi connectivity index (χ3v) is 7.37. The molecule has 3 atom stereocenters. The van der Waals surface area contributed by atoms with E-state index in [1.807, 2.05) is 18.4 Å². The highest BCUT2D eigenvalue weighted by Gasteiger charge is 2.36. The summed E-state index contributed by atoms with van der Waals surface area (Å²) in [5.41, 5.74) is 0. The van der Waals surface area contributed by atoms with Crippen molar-refractivity contribution < 1.29 is 0 Å². The molecule has 0 spiro atoms. The van der Waals surface area contributed by atoms with Gasteiger partial charge in [-0.3, -0.25) is 9.89 Å². The van der Waals surface area contributed by atoms with Gasteiger partial charge >= 0.3 is 0 Å². The lowest BCUT2D eigenvalue weighted by molar-refractivity contribution is 0.247. The molecule has 4 rings (SSSR count). The van der Waals surface area contributed by atoms with Crippen molar-refractivity contribution in [2.24, 2.45) is 16.8 Å². The summed E-state index contributed by atoms with van der Waals surface area (Å²) in [5, 5.41) is 5.93. The molecule has 146 valence electrons. The summed E-state index contributed by atoms with van der Waals surface area (Å²) in [7, 11) is 1.94. The summed E-state index contributed by atoms with van der Waals surface area (Å²) in [4.78, 5) is 11.3. The Kier molecular flexibility index (Phi) is 7.64. The van der Waals surface area contributed by atoms with E-state index in [1.165, 1.54) is 69.6 Å². The summed E-state index contributed by atoms with van der Waals surface area (Å²) < 4.78 is 0. The van der Waals surface area contributed by atoms with Crippen LogP contribution < -0.4 is 5.32 Å². The molecule has 4 nitrogen and oxygen atoms in total. The number of guanidine groups is 1. The standard InChI is InChI=1S/C20H32N4S.HI/c1-21-20(24-14-16-7-2-3-8-17(16)15-24)22-13-18(19-9-6-12-25-19)23-10-4-5-11-23;/h6,9,12,16-18H,2-5,7-8,10-11,13-15H2,1H3,(H,21,22);1H. The maximum Gasteiger partial charge on any atom is 0.193 e. The largest absolute Gasteiger partial charge is 0.354 e. The zero-order valence-corrected chi connectivity index (χ0v) is 19.0. The molecule has 3 unspecified atom stereocenters. The minimum atomic E-state index is 0. The number of hydrogen-bond donors (Lipinski definition) is 1. The predicted molar refractivity (Wildman–Crippen MR) is 122 cm³/mol. The minimum Gasteiger partial charge on any atom is -0.354 e. The van der Waals surface area contributed by atoms with Crippen LogP contribution in [0.15, 0.2) is 22.5 Å². The van der Waals surface area contributed by atoms with E-state index >= 15 is 0 Å².